The Kier molecular flexibility index (Phi) is 8.51. The third-order valence-corrected chi connectivity index (χ3v) is 7.52. The number of aromatic nitrogens is 3. The minimum atomic E-state index is -0.640. The monoisotopic (exact) mass is 560 g/mol. The minimum absolute atomic E-state index is 0.0240. The molecule has 1 unspecified atom stereocenters. The first kappa shape index (κ1) is 28.1. The number of ether oxygens (including phenoxy) is 3. The molecule has 0 radical (unpaired) electrons. The fourth-order valence-electron chi connectivity index (χ4n) is 5.23. The van der Waals surface area contributed by atoms with Crippen LogP contribution in [0.1, 0.15) is 43.5 Å². The third kappa shape index (κ3) is 6.50. The molecule has 41 heavy (non-hydrogen) atoms. The highest BCUT2D eigenvalue weighted by atomic mass is 16.5. The second-order valence-corrected chi connectivity index (χ2v) is 10.6. The largest absolute Gasteiger partial charge is 0.490 e. The minimum Gasteiger partial charge on any atom is -0.490 e. The second-order valence-electron chi connectivity index (χ2n) is 10.6. The molecule has 1 aromatic carbocycles. The predicted octanol–water partition coefficient (Wildman–Crippen LogP) is 3.96. The number of piperidine rings is 1. The highest BCUT2D eigenvalue weighted by Crippen LogP contribution is 2.34. The van der Waals surface area contributed by atoms with E-state index in [1.807, 2.05) is 43.0 Å². The molecule has 0 bridgehead atoms. The highest BCUT2D eigenvalue weighted by molar-refractivity contribution is 5.95. The summed E-state index contributed by atoms with van der Waals surface area (Å²) in [4.78, 5) is 42.8. The van der Waals surface area contributed by atoms with Gasteiger partial charge in [0.2, 0.25) is 5.91 Å². The maximum atomic E-state index is 13.4. The lowest BCUT2D eigenvalue weighted by molar-refractivity contribution is -0.123. The summed E-state index contributed by atoms with van der Waals surface area (Å²) in [7, 11) is 1.34. The zero-order valence-electron chi connectivity index (χ0n) is 23.7. The van der Waals surface area contributed by atoms with Gasteiger partial charge in [-0.2, -0.15) is 0 Å². The van der Waals surface area contributed by atoms with E-state index in [1.165, 1.54) is 13.3 Å². The van der Waals surface area contributed by atoms with Crippen LogP contribution in [0.4, 0.5) is 17.5 Å². The number of anilines is 3. The first-order valence-corrected chi connectivity index (χ1v) is 13.9. The number of nitrogens with one attached hydrogen (secondary N) is 1. The summed E-state index contributed by atoms with van der Waals surface area (Å²) in [5.41, 5.74) is -0.255. The van der Waals surface area contributed by atoms with Crippen LogP contribution < -0.4 is 24.6 Å². The molecule has 11 heteroatoms. The Bertz CT molecular complexity index is 1370. The van der Waals surface area contributed by atoms with Gasteiger partial charge in [0.15, 0.2) is 17.3 Å². The summed E-state index contributed by atoms with van der Waals surface area (Å²) >= 11 is 0. The van der Waals surface area contributed by atoms with Gasteiger partial charge in [-0.1, -0.05) is 12.1 Å². The standard InChI is InChI=1S/C30H36N6O5/c1-4-40-23-9-5-6-10-24(23)41-22-8-7-14-35(19-22)27-18-31-17-25(33-27)34-29(38)30(2)13-15-36(20-30)26-12-11-21(16-32-26)28(37)39-3/h5-6,9-12,16-18,22H,4,7-8,13-15,19-20H2,1-3H3,(H,33,34,38)/t22-,30?/m1/s1. The number of rotatable bonds is 9. The molecule has 1 amide bonds. The number of benzene rings is 1. The van der Waals surface area contributed by atoms with Crippen molar-refractivity contribution in [1.82, 2.24) is 15.0 Å². The van der Waals surface area contributed by atoms with E-state index < -0.39 is 11.4 Å². The van der Waals surface area contributed by atoms with E-state index in [4.69, 9.17) is 19.2 Å². The van der Waals surface area contributed by atoms with Crippen molar-refractivity contribution < 1.29 is 23.8 Å². The van der Waals surface area contributed by atoms with Gasteiger partial charge >= 0.3 is 5.97 Å². The van der Waals surface area contributed by atoms with Gasteiger partial charge in [-0.15, -0.1) is 0 Å². The number of amides is 1. The van der Waals surface area contributed by atoms with E-state index >= 15 is 0 Å². The molecule has 2 saturated heterocycles. The van der Waals surface area contributed by atoms with Crippen LogP contribution in [0, 0.1) is 5.41 Å². The van der Waals surface area contributed by atoms with Gasteiger partial charge in [0.1, 0.15) is 17.7 Å². The van der Waals surface area contributed by atoms with Crippen LogP contribution in [0.15, 0.2) is 55.0 Å². The van der Waals surface area contributed by atoms with Gasteiger partial charge in [0.25, 0.3) is 0 Å². The molecule has 0 aliphatic carbocycles. The maximum absolute atomic E-state index is 13.4. The number of para-hydroxylation sites is 2. The summed E-state index contributed by atoms with van der Waals surface area (Å²) in [6, 6.07) is 11.2. The fraction of sp³-hybridized carbons (Fsp3) is 0.433. The quantitative estimate of drug-likeness (QED) is 0.385. The number of hydrogen-bond acceptors (Lipinski definition) is 10. The lowest BCUT2D eigenvalue weighted by Gasteiger charge is -2.34. The van der Waals surface area contributed by atoms with Crippen molar-refractivity contribution in [2.45, 2.75) is 39.2 Å². The van der Waals surface area contributed by atoms with Crippen molar-refractivity contribution in [1.29, 1.82) is 0 Å². The molecule has 11 nitrogen and oxygen atoms in total. The van der Waals surface area contributed by atoms with Crippen molar-refractivity contribution in [3.05, 3.63) is 60.6 Å². The summed E-state index contributed by atoms with van der Waals surface area (Å²) in [5, 5.41) is 2.98. The summed E-state index contributed by atoms with van der Waals surface area (Å²) in [6.07, 6.45) is 7.28. The molecule has 5 rings (SSSR count). The lowest BCUT2D eigenvalue weighted by atomic mass is 9.89. The molecule has 0 spiro atoms. The normalized spacial score (nSPS) is 20.4. The lowest BCUT2D eigenvalue weighted by Crippen LogP contribution is -2.42. The summed E-state index contributed by atoms with van der Waals surface area (Å²) < 4.78 is 16.8. The Morgan fingerprint density at radius 2 is 1.88 bits per heavy atom. The fourth-order valence-corrected chi connectivity index (χ4v) is 5.23. The number of carbonyl (C=O) groups excluding carboxylic acids is 2. The molecule has 2 fully saturated rings. The van der Waals surface area contributed by atoms with Crippen molar-refractivity contribution in [2.24, 2.45) is 5.41 Å². The Labute approximate surface area is 239 Å². The third-order valence-electron chi connectivity index (χ3n) is 7.52. The zero-order valence-corrected chi connectivity index (χ0v) is 23.7. The van der Waals surface area contributed by atoms with Crippen LogP contribution in [-0.2, 0) is 9.53 Å². The van der Waals surface area contributed by atoms with E-state index in [0.717, 1.165) is 30.9 Å². The van der Waals surface area contributed by atoms with E-state index in [9.17, 15) is 9.59 Å². The number of nitrogens with zero attached hydrogens (tertiary/aromatic N) is 5. The molecule has 1 N–H and O–H groups in total. The first-order valence-electron chi connectivity index (χ1n) is 13.9. The van der Waals surface area contributed by atoms with Crippen molar-refractivity contribution in [3.63, 3.8) is 0 Å². The van der Waals surface area contributed by atoms with Crippen LogP contribution in [0.5, 0.6) is 11.5 Å². The van der Waals surface area contributed by atoms with Crippen LogP contribution >= 0.6 is 0 Å². The van der Waals surface area contributed by atoms with Crippen molar-refractivity contribution >= 4 is 29.3 Å². The molecule has 2 atom stereocenters. The van der Waals surface area contributed by atoms with Crippen LogP contribution in [-0.4, -0.2) is 72.8 Å². The Morgan fingerprint density at radius 3 is 2.63 bits per heavy atom. The van der Waals surface area contributed by atoms with Crippen molar-refractivity contribution in [2.75, 3.05) is 55.0 Å². The van der Waals surface area contributed by atoms with E-state index in [0.29, 0.717) is 55.7 Å². The van der Waals surface area contributed by atoms with E-state index in [2.05, 4.69) is 20.2 Å². The molecule has 2 aromatic heterocycles. The summed E-state index contributed by atoms with van der Waals surface area (Å²) in [6.45, 7) is 7.11. The van der Waals surface area contributed by atoms with Gasteiger partial charge in [-0.05, 0) is 57.4 Å². The van der Waals surface area contributed by atoms with Gasteiger partial charge in [0, 0.05) is 25.8 Å². The summed E-state index contributed by atoms with van der Waals surface area (Å²) in [5.74, 6) is 2.75. The molecule has 2 aliphatic rings. The molecular weight excluding hydrogens is 524 g/mol. The topological polar surface area (TPSA) is 119 Å². The van der Waals surface area contributed by atoms with Crippen LogP contribution in [0.3, 0.4) is 0 Å². The zero-order chi connectivity index (χ0) is 28.8. The number of pyridine rings is 1. The van der Waals surface area contributed by atoms with E-state index in [-0.39, 0.29) is 12.0 Å². The van der Waals surface area contributed by atoms with Gasteiger partial charge < -0.3 is 29.3 Å². The Hall–Kier alpha value is -4.41. The number of esters is 1. The Balaban J connectivity index is 1.20. The highest BCUT2D eigenvalue weighted by Gasteiger charge is 2.41. The van der Waals surface area contributed by atoms with Crippen LogP contribution in [0.25, 0.3) is 0 Å². The molecular formula is C30H36N6O5. The van der Waals surface area contributed by atoms with Crippen molar-refractivity contribution in [3.8, 4) is 11.5 Å². The average Bonchev–Trinajstić information content (AvgIpc) is 3.41. The maximum Gasteiger partial charge on any atom is 0.339 e. The molecule has 3 aromatic rings. The van der Waals surface area contributed by atoms with Gasteiger partial charge in [0.05, 0.1) is 43.6 Å². The predicted molar refractivity (Wildman–Crippen MR) is 155 cm³/mol. The average molecular weight is 561 g/mol. The number of carbonyl (C=O) groups is 2. The Morgan fingerprint density at radius 1 is 1.05 bits per heavy atom. The smallest absolute Gasteiger partial charge is 0.339 e. The second kappa shape index (κ2) is 12.4. The van der Waals surface area contributed by atoms with Gasteiger partial charge in [-0.25, -0.2) is 14.8 Å². The SMILES string of the molecule is CCOc1ccccc1O[C@@H]1CCCN(c2cncc(NC(=O)C3(C)CCN(c4ccc(C(=O)OC)cn4)C3)n2)C1. The van der Waals surface area contributed by atoms with E-state index in [1.54, 1.807) is 24.5 Å². The molecule has 2 aliphatic heterocycles. The molecule has 216 valence electrons. The number of hydrogen-bond donors (Lipinski definition) is 1. The van der Waals surface area contributed by atoms with Gasteiger partial charge in [-0.3, -0.25) is 9.78 Å². The molecule has 0 saturated carbocycles. The first-order chi connectivity index (χ1) is 19.9. The molecule has 4 heterocycles. The van der Waals surface area contributed by atoms with Crippen LogP contribution in [0.2, 0.25) is 0 Å². The number of methoxy groups -OCH3 is 1.